The first-order valence-electron chi connectivity index (χ1n) is 7.47. The van der Waals surface area contributed by atoms with Gasteiger partial charge in [0, 0.05) is 17.5 Å². The van der Waals surface area contributed by atoms with Gasteiger partial charge < -0.3 is 9.42 Å². The standard InChI is InChI=1S/C17H20N4O/c1-12(9-11-21(2)3)17-19-16(20-22-17)15-14-7-5-4-6-13(14)8-10-18-15/h4-8,10,12H,9,11H2,1-3H3. The summed E-state index contributed by atoms with van der Waals surface area (Å²) >= 11 is 0. The Morgan fingerprint density at radius 1 is 1.18 bits per heavy atom. The van der Waals surface area contributed by atoms with Gasteiger partial charge in [-0.1, -0.05) is 36.3 Å². The van der Waals surface area contributed by atoms with Crippen LogP contribution in [0.25, 0.3) is 22.3 Å². The molecule has 2 aromatic heterocycles. The van der Waals surface area contributed by atoms with Crippen molar-refractivity contribution in [1.29, 1.82) is 0 Å². The number of nitrogens with zero attached hydrogens (tertiary/aromatic N) is 4. The molecule has 0 N–H and O–H groups in total. The zero-order chi connectivity index (χ0) is 15.5. The maximum absolute atomic E-state index is 5.44. The van der Waals surface area contributed by atoms with Crippen molar-refractivity contribution in [1.82, 2.24) is 20.0 Å². The van der Waals surface area contributed by atoms with E-state index in [4.69, 9.17) is 4.52 Å². The minimum absolute atomic E-state index is 0.235. The van der Waals surface area contributed by atoms with Crippen LogP contribution in [0.1, 0.15) is 25.2 Å². The third kappa shape index (κ3) is 2.99. The van der Waals surface area contributed by atoms with Crippen molar-refractivity contribution >= 4 is 10.8 Å². The van der Waals surface area contributed by atoms with Gasteiger partial charge in [0.05, 0.1) is 0 Å². The fraction of sp³-hybridized carbons (Fsp3) is 0.353. The number of pyridine rings is 1. The van der Waals surface area contributed by atoms with Crippen LogP contribution >= 0.6 is 0 Å². The predicted octanol–water partition coefficient (Wildman–Crippen LogP) is 3.34. The molecule has 0 saturated heterocycles. The lowest BCUT2D eigenvalue weighted by Gasteiger charge is -2.11. The largest absolute Gasteiger partial charge is 0.339 e. The Morgan fingerprint density at radius 3 is 2.82 bits per heavy atom. The van der Waals surface area contributed by atoms with Crippen molar-refractivity contribution in [3.05, 3.63) is 42.4 Å². The van der Waals surface area contributed by atoms with E-state index in [9.17, 15) is 0 Å². The maximum Gasteiger partial charge on any atom is 0.229 e. The van der Waals surface area contributed by atoms with Crippen LogP contribution in [0.15, 0.2) is 41.1 Å². The summed E-state index contributed by atoms with van der Waals surface area (Å²) in [6, 6.07) is 10.1. The summed E-state index contributed by atoms with van der Waals surface area (Å²) in [5.74, 6) is 1.47. The molecule has 2 heterocycles. The molecule has 0 aliphatic heterocycles. The first kappa shape index (κ1) is 14.7. The van der Waals surface area contributed by atoms with E-state index in [0.29, 0.717) is 11.7 Å². The molecule has 3 aromatic rings. The second-order valence-corrected chi connectivity index (χ2v) is 5.83. The quantitative estimate of drug-likeness (QED) is 0.722. The van der Waals surface area contributed by atoms with Crippen LogP contribution in [-0.2, 0) is 0 Å². The maximum atomic E-state index is 5.44. The molecule has 0 radical (unpaired) electrons. The Balaban J connectivity index is 1.89. The van der Waals surface area contributed by atoms with E-state index in [2.05, 4.69) is 47.1 Å². The molecule has 114 valence electrons. The lowest BCUT2D eigenvalue weighted by atomic mass is 10.1. The van der Waals surface area contributed by atoms with Gasteiger partial charge in [-0.15, -0.1) is 0 Å². The molecule has 0 fully saturated rings. The fourth-order valence-electron chi connectivity index (χ4n) is 2.40. The third-order valence-electron chi connectivity index (χ3n) is 3.76. The van der Waals surface area contributed by atoms with Gasteiger partial charge in [0.2, 0.25) is 11.7 Å². The van der Waals surface area contributed by atoms with E-state index >= 15 is 0 Å². The molecule has 22 heavy (non-hydrogen) atoms. The lowest BCUT2D eigenvalue weighted by Crippen LogP contribution is -2.15. The zero-order valence-electron chi connectivity index (χ0n) is 13.2. The number of fused-ring (bicyclic) bond motifs is 1. The highest BCUT2D eigenvalue weighted by atomic mass is 16.5. The Morgan fingerprint density at radius 2 is 2.00 bits per heavy atom. The van der Waals surface area contributed by atoms with E-state index in [1.807, 2.05) is 24.3 Å². The first-order chi connectivity index (χ1) is 10.6. The van der Waals surface area contributed by atoms with Gasteiger partial charge in [-0.3, -0.25) is 4.98 Å². The number of aromatic nitrogens is 3. The Hall–Kier alpha value is -2.27. The highest BCUT2D eigenvalue weighted by Gasteiger charge is 2.17. The second kappa shape index (κ2) is 6.23. The van der Waals surface area contributed by atoms with Gasteiger partial charge >= 0.3 is 0 Å². The van der Waals surface area contributed by atoms with Gasteiger partial charge in [-0.25, -0.2) is 0 Å². The van der Waals surface area contributed by atoms with Crippen molar-refractivity contribution in [2.45, 2.75) is 19.3 Å². The highest BCUT2D eigenvalue weighted by molar-refractivity contribution is 5.92. The molecule has 3 rings (SSSR count). The van der Waals surface area contributed by atoms with Gasteiger partial charge in [0.1, 0.15) is 5.69 Å². The molecule has 5 nitrogen and oxygen atoms in total. The molecular formula is C17H20N4O. The minimum Gasteiger partial charge on any atom is -0.339 e. The summed E-state index contributed by atoms with van der Waals surface area (Å²) in [5.41, 5.74) is 0.771. The van der Waals surface area contributed by atoms with Crippen LogP contribution in [0.2, 0.25) is 0 Å². The summed E-state index contributed by atoms with van der Waals surface area (Å²) in [6.07, 6.45) is 2.76. The molecule has 5 heteroatoms. The molecular weight excluding hydrogens is 276 g/mol. The molecule has 1 unspecified atom stereocenters. The fourth-order valence-corrected chi connectivity index (χ4v) is 2.40. The molecule has 0 aliphatic carbocycles. The van der Waals surface area contributed by atoms with Gasteiger partial charge in [-0.2, -0.15) is 4.98 Å². The first-order valence-corrected chi connectivity index (χ1v) is 7.47. The average molecular weight is 296 g/mol. The highest BCUT2D eigenvalue weighted by Crippen LogP contribution is 2.26. The van der Waals surface area contributed by atoms with Gasteiger partial charge in [-0.05, 0) is 38.5 Å². The molecule has 0 saturated carbocycles. The topological polar surface area (TPSA) is 55.1 Å². The SMILES string of the molecule is CC(CCN(C)C)c1nc(-c2nccc3ccccc23)no1. The average Bonchev–Trinajstić information content (AvgIpc) is 3.02. The summed E-state index contributed by atoms with van der Waals surface area (Å²) in [5, 5.41) is 6.29. The molecule has 1 atom stereocenters. The Bertz CT molecular complexity index is 761. The molecule has 0 aliphatic rings. The summed E-state index contributed by atoms with van der Waals surface area (Å²) in [6.45, 7) is 3.10. The van der Waals surface area contributed by atoms with E-state index in [0.717, 1.165) is 29.4 Å². The monoisotopic (exact) mass is 296 g/mol. The number of benzene rings is 1. The van der Waals surface area contributed by atoms with Crippen LogP contribution < -0.4 is 0 Å². The number of rotatable bonds is 5. The van der Waals surface area contributed by atoms with Gasteiger partial charge in [0.25, 0.3) is 0 Å². The van der Waals surface area contributed by atoms with Crippen LogP contribution in [0.4, 0.5) is 0 Å². The number of hydrogen-bond acceptors (Lipinski definition) is 5. The number of hydrogen-bond donors (Lipinski definition) is 0. The molecule has 0 amide bonds. The normalized spacial score (nSPS) is 12.9. The smallest absolute Gasteiger partial charge is 0.229 e. The van der Waals surface area contributed by atoms with Crippen LogP contribution in [0.5, 0.6) is 0 Å². The van der Waals surface area contributed by atoms with Crippen molar-refractivity contribution in [3.8, 4) is 11.5 Å². The van der Waals surface area contributed by atoms with Gasteiger partial charge in [0.15, 0.2) is 0 Å². The van der Waals surface area contributed by atoms with Crippen molar-refractivity contribution in [3.63, 3.8) is 0 Å². The van der Waals surface area contributed by atoms with E-state index in [1.165, 1.54) is 0 Å². The Kier molecular flexibility index (Phi) is 4.15. The van der Waals surface area contributed by atoms with Crippen LogP contribution in [0, 0.1) is 0 Å². The van der Waals surface area contributed by atoms with E-state index in [-0.39, 0.29) is 5.92 Å². The van der Waals surface area contributed by atoms with E-state index in [1.54, 1.807) is 6.20 Å². The molecule has 0 bridgehead atoms. The third-order valence-corrected chi connectivity index (χ3v) is 3.76. The predicted molar refractivity (Wildman–Crippen MR) is 86.6 cm³/mol. The minimum atomic E-state index is 0.235. The van der Waals surface area contributed by atoms with Crippen molar-refractivity contribution in [2.24, 2.45) is 0 Å². The summed E-state index contributed by atoms with van der Waals surface area (Å²) in [7, 11) is 4.12. The summed E-state index contributed by atoms with van der Waals surface area (Å²) < 4.78 is 5.44. The van der Waals surface area contributed by atoms with Crippen LogP contribution in [-0.4, -0.2) is 40.7 Å². The lowest BCUT2D eigenvalue weighted by molar-refractivity contribution is 0.328. The van der Waals surface area contributed by atoms with Crippen LogP contribution in [0.3, 0.4) is 0 Å². The van der Waals surface area contributed by atoms with Crippen molar-refractivity contribution in [2.75, 3.05) is 20.6 Å². The Labute approximate surface area is 130 Å². The zero-order valence-corrected chi connectivity index (χ0v) is 13.2. The molecule has 1 aromatic carbocycles. The van der Waals surface area contributed by atoms with Crippen molar-refractivity contribution < 1.29 is 4.52 Å². The summed E-state index contributed by atoms with van der Waals surface area (Å²) in [4.78, 5) is 11.1. The van der Waals surface area contributed by atoms with E-state index < -0.39 is 0 Å². The molecule has 0 spiro atoms. The second-order valence-electron chi connectivity index (χ2n) is 5.83.